The highest BCUT2D eigenvalue weighted by Gasteiger charge is 2.09. The Morgan fingerprint density at radius 3 is 2.81 bits per heavy atom. The third-order valence-electron chi connectivity index (χ3n) is 4.88. The Kier molecular flexibility index (Phi) is 7.34. The summed E-state index contributed by atoms with van der Waals surface area (Å²) >= 11 is 0. The molecule has 0 amide bonds. The summed E-state index contributed by atoms with van der Waals surface area (Å²) in [5.74, 6) is 0.885. The molecule has 0 spiro atoms. The Morgan fingerprint density at radius 2 is 1.96 bits per heavy atom. The third-order valence-corrected chi connectivity index (χ3v) is 4.88. The van der Waals surface area contributed by atoms with Gasteiger partial charge in [-0.15, -0.1) is 0 Å². The van der Waals surface area contributed by atoms with Gasteiger partial charge in [0.1, 0.15) is 0 Å². The fraction of sp³-hybridized carbons (Fsp3) is 0.550. The maximum atomic E-state index is 5.38. The number of nitrogens with one attached hydrogen (secondary N) is 3. The van der Waals surface area contributed by atoms with Gasteiger partial charge in [0.25, 0.3) is 0 Å². The van der Waals surface area contributed by atoms with E-state index < -0.39 is 0 Å². The van der Waals surface area contributed by atoms with Gasteiger partial charge in [0, 0.05) is 50.3 Å². The van der Waals surface area contributed by atoms with Crippen LogP contribution in [0.2, 0.25) is 0 Å². The quantitative estimate of drug-likeness (QED) is 0.384. The van der Waals surface area contributed by atoms with Gasteiger partial charge in [0.15, 0.2) is 5.96 Å². The first-order valence-electron chi connectivity index (χ1n) is 9.66. The SMILES string of the molecule is CN=C(NCCCCN1CCOCC1)NCCc1c[nH]c2ccccc12. The molecule has 3 rings (SSSR count). The van der Waals surface area contributed by atoms with Gasteiger partial charge < -0.3 is 20.4 Å². The molecular formula is C20H31N5O. The zero-order valence-electron chi connectivity index (χ0n) is 15.8. The largest absolute Gasteiger partial charge is 0.379 e. The van der Waals surface area contributed by atoms with Crippen molar-refractivity contribution < 1.29 is 4.74 Å². The fourth-order valence-electron chi connectivity index (χ4n) is 3.37. The number of benzene rings is 1. The molecule has 1 fully saturated rings. The Balaban J connectivity index is 1.30. The zero-order chi connectivity index (χ0) is 18.0. The van der Waals surface area contributed by atoms with Crippen molar-refractivity contribution in [2.75, 3.05) is 53.0 Å². The maximum absolute atomic E-state index is 5.38. The average Bonchev–Trinajstić information content (AvgIpc) is 3.10. The minimum absolute atomic E-state index is 0.870. The van der Waals surface area contributed by atoms with Crippen LogP contribution >= 0.6 is 0 Å². The lowest BCUT2D eigenvalue weighted by Crippen LogP contribution is -2.39. The second-order valence-corrected chi connectivity index (χ2v) is 6.70. The van der Waals surface area contributed by atoms with E-state index in [-0.39, 0.29) is 0 Å². The van der Waals surface area contributed by atoms with Crippen molar-refractivity contribution in [2.24, 2.45) is 4.99 Å². The first-order valence-corrected chi connectivity index (χ1v) is 9.66. The lowest BCUT2D eigenvalue weighted by atomic mass is 10.1. The molecule has 26 heavy (non-hydrogen) atoms. The lowest BCUT2D eigenvalue weighted by Gasteiger charge is -2.26. The summed E-state index contributed by atoms with van der Waals surface area (Å²) < 4.78 is 5.38. The van der Waals surface area contributed by atoms with Gasteiger partial charge in [-0.05, 0) is 37.4 Å². The minimum atomic E-state index is 0.870. The topological polar surface area (TPSA) is 64.7 Å². The summed E-state index contributed by atoms with van der Waals surface area (Å²) in [6, 6.07) is 8.43. The van der Waals surface area contributed by atoms with Crippen molar-refractivity contribution in [1.82, 2.24) is 20.5 Å². The van der Waals surface area contributed by atoms with Crippen LogP contribution in [0.3, 0.4) is 0 Å². The van der Waals surface area contributed by atoms with Gasteiger partial charge >= 0.3 is 0 Å². The van der Waals surface area contributed by atoms with Crippen LogP contribution in [0.5, 0.6) is 0 Å². The van der Waals surface area contributed by atoms with E-state index in [0.29, 0.717) is 0 Å². The van der Waals surface area contributed by atoms with E-state index in [2.05, 4.69) is 56.0 Å². The highest BCUT2D eigenvalue weighted by molar-refractivity contribution is 5.83. The zero-order valence-corrected chi connectivity index (χ0v) is 15.8. The molecular weight excluding hydrogens is 326 g/mol. The summed E-state index contributed by atoms with van der Waals surface area (Å²) in [4.78, 5) is 10.1. The Hall–Kier alpha value is -2.05. The van der Waals surface area contributed by atoms with E-state index in [1.165, 1.54) is 22.9 Å². The third kappa shape index (κ3) is 5.47. The van der Waals surface area contributed by atoms with E-state index in [0.717, 1.165) is 64.7 Å². The number of morpholine rings is 1. The molecule has 1 aliphatic heterocycles. The number of unbranched alkanes of at least 4 members (excludes halogenated alkanes) is 1. The predicted octanol–water partition coefficient (Wildman–Crippen LogP) is 1.99. The summed E-state index contributed by atoms with van der Waals surface area (Å²) in [7, 11) is 1.83. The molecule has 0 bridgehead atoms. The van der Waals surface area contributed by atoms with Crippen LogP contribution in [-0.4, -0.2) is 68.8 Å². The number of guanidine groups is 1. The number of rotatable bonds is 8. The first-order chi connectivity index (χ1) is 12.9. The number of aliphatic imine (C=N–C) groups is 1. The number of nitrogens with zero attached hydrogens (tertiary/aromatic N) is 2. The molecule has 1 aliphatic rings. The molecule has 0 saturated carbocycles. The average molecular weight is 358 g/mol. The Morgan fingerprint density at radius 1 is 1.15 bits per heavy atom. The Labute approximate surface area is 156 Å². The normalized spacial score (nSPS) is 16.1. The summed E-state index contributed by atoms with van der Waals surface area (Å²) in [6.07, 6.45) is 5.44. The van der Waals surface area contributed by atoms with Crippen LogP contribution in [0.4, 0.5) is 0 Å². The number of hydrogen-bond donors (Lipinski definition) is 3. The van der Waals surface area contributed by atoms with Crippen molar-refractivity contribution in [3.63, 3.8) is 0 Å². The van der Waals surface area contributed by atoms with E-state index in [1.54, 1.807) is 0 Å². The minimum Gasteiger partial charge on any atom is -0.379 e. The molecule has 0 radical (unpaired) electrons. The predicted molar refractivity (Wildman–Crippen MR) is 108 cm³/mol. The van der Waals surface area contributed by atoms with Crippen molar-refractivity contribution in [2.45, 2.75) is 19.3 Å². The van der Waals surface area contributed by atoms with Gasteiger partial charge in [-0.2, -0.15) is 0 Å². The van der Waals surface area contributed by atoms with Crippen LogP contribution in [-0.2, 0) is 11.2 Å². The van der Waals surface area contributed by atoms with Crippen molar-refractivity contribution in [3.8, 4) is 0 Å². The van der Waals surface area contributed by atoms with Gasteiger partial charge in [-0.1, -0.05) is 18.2 Å². The number of hydrogen-bond acceptors (Lipinski definition) is 3. The number of fused-ring (bicyclic) bond motifs is 1. The smallest absolute Gasteiger partial charge is 0.190 e. The molecule has 1 aromatic heterocycles. The summed E-state index contributed by atoms with van der Waals surface area (Å²) in [6.45, 7) is 6.90. The van der Waals surface area contributed by atoms with Gasteiger partial charge in [-0.3, -0.25) is 9.89 Å². The highest BCUT2D eigenvalue weighted by atomic mass is 16.5. The van der Waals surface area contributed by atoms with Crippen LogP contribution in [0.1, 0.15) is 18.4 Å². The molecule has 0 unspecified atom stereocenters. The second kappa shape index (κ2) is 10.2. The van der Waals surface area contributed by atoms with Gasteiger partial charge in [0.05, 0.1) is 13.2 Å². The number of H-pyrrole nitrogens is 1. The molecule has 0 atom stereocenters. The standard InChI is InChI=1S/C20H31N5O/c1-21-20(22-9-4-5-11-25-12-14-26-15-13-25)23-10-8-17-16-24-19-7-3-2-6-18(17)19/h2-3,6-7,16,24H,4-5,8-15H2,1H3,(H2,21,22,23). The van der Waals surface area contributed by atoms with E-state index in [4.69, 9.17) is 4.74 Å². The van der Waals surface area contributed by atoms with Crippen LogP contribution in [0.15, 0.2) is 35.5 Å². The second-order valence-electron chi connectivity index (χ2n) is 6.70. The monoisotopic (exact) mass is 357 g/mol. The first kappa shape index (κ1) is 18.7. The van der Waals surface area contributed by atoms with Crippen LogP contribution in [0.25, 0.3) is 10.9 Å². The Bertz CT molecular complexity index is 690. The number of para-hydroxylation sites is 1. The van der Waals surface area contributed by atoms with Crippen LogP contribution in [0, 0.1) is 0 Å². The van der Waals surface area contributed by atoms with Crippen molar-refractivity contribution >= 4 is 16.9 Å². The van der Waals surface area contributed by atoms with Crippen molar-refractivity contribution in [3.05, 3.63) is 36.0 Å². The molecule has 2 aromatic rings. The molecule has 1 saturated heterocycles. The number of ether oxygens (including phenoxy) is 1. The molecule has 6 heteroatoms. The molecule has 142 valence electrons. The summed E-state index contributed by atoms with van der Waals surface area (Å²) in [5.41, 5.74) is 2.54. The number of aromatic amines is 1. The van der Waals surface area contributed by atoms with E-state index in [9.17, 15) is 0 Å². The van der Waals surface area contributed by atoms with Gasteiger partial charge in [0.2, 0.25) is 0 Å². The molecule has 6 nitrogen and oxygen atoms in total. The molecule has 1 aromatic carbocycles. The van der Waals surface area contributed by atoms with Crippen LogP contribution < -0.4 is 10.6 Å². The number of aromatic nitrogens is 1. The van der Waals surface area contributed by atoms with Crippen molar-refractivity contribution in [1.29, 1.82) is 0 Å². The molecule has 0 aliphatic carbocycles. The van der Waals surface area contributed by atoms with E-state index in [1.807, 2.05) is 7.05 Å². The van der Waals surface area contributed by atoms with Gasteiger partial charge in [-0.25, -0.2) is 0 Å². The maximum Gasteiger partial charge on any atom is 0.190 e. The highest BCUT2D eigenvalue weighted by Crippen LogP contribution is 2.17. The molecule has 2 heterocycles. The lowest BCUT2D eigenvalue weighted by molar-refractivity contribution is 0.0372. The van der Waals surface area contributed by atoms with E-state index >= 15 is 0 Å². The summed E-state index contributed by atoms with van der Waals surface area (Å²) in [5, 5.41) is 8.13. The fourth-order valence-corrected chi connectivity index (χ4v) is 3.37. The molecule has 3 N–H and O–H groups in total.